The second-order valence-corrected chi connectivity index (χ2v) is 5.76. The molecule has 1 aromatic carbocycles. The maximum Gasteiger partial charge on any atom is 0.233 e. The molecule has 0 saturated heterocycles. The topological polar surface area (TPSA) is 61.4 Å². The standard InChI is InChI=1S/C14H19Cl2N3O2/c1-19(2)5-3-4-17-13(20)9-14(21)18-12-7-10(15)6-11(16)8-12/h6-8H,3-5,9H2,1-2H3,(H,17,20)(H,18,21). The van der Waals surface area contributed by atoms with Gasteiger partial charge in [-0.1, -0.05) is 23.2 Å². The van der Waals surface area contributed by atoms with Crippen LogP contribution in [0.1, 0.15) is 12.8 Å². The van der Waals surface area contributed by atoms with Crippen molar-refractivity contribution < 1.29 is 9.59 Å². The first-order valence-corrected chi connectivity index (χ1v) is 7.30. The molecule has 0 unspecified atom stereocenters. The average molecular weight is 332 g/mol. The predicted octanol–water partition coefficient (Wildman–Crippen LogP) is 2.39. The van der Waals surface area contributed by atoms with Gasteiger partial charge in [0, 0.05) is 22.3 Å². The van der Waals surface area contributed by atoms with Gasteiger partial charge in [-0.3, -0.25) is 9.59 Å². The molecule has 0 aliphatic heterocycles. The number of halogens is 2. The van der Waals surface area contributed by atoms with Gasteiger partial charge in [0.2, 0.25) is 11.8 Å². The molecule has 0 heterocycles. The van der Waals surface area contributed by atoms with Gasteiger partial charge in [0.25, 0.3) is 0 Å². The highest BCUT2D eigenvalue weighted by Gasteiger charge is 2.10. The monoisotopic (exact) mass is 331 g/mol. The molecule has 2 N–H and O–H groups in total. The van der Waals surface area contributed by atoms with E-state index in [1.54, 1.807) is 18.2 Å². The van der Waals surface area contributed by atoms with E-state index in [2.05, 4.69) is 10.6 Å². The lowest BCUT2D eigenvalue weighted by Crippen LogP contribution is -2.30. The van der Waals surface area contributed by atoms with Crippen molar-refractivity contribution in [2.45, 2.75) is 12.8 Å². The van der Waals surface area contributed by atoms with E-state index in [4.69, 9.17) is 23.2 Å². The Labute approximate surface area is 134 Å². The Morgan fingerprint density at radius 3 is 2.29 bits per heavy atom. The Morgan fingerprint density at radius 2 is 1.71 bits per heavy atom. The molecule has 0 saturated carbocycles. The van der Waals surface area contributed by atoms with Crippen LogP contribution in [-0.4, -0.2) is 43.9 Å². The highest BCUT2D eigenvalue weighted by Crippen LogP contribution is 2.22. The van der Waals surface area contributed by atoms with E-state index in [1.165, 1.54) is 0 Å². The van der Waals surface area contributed by atoms with Crippen molar-refractivity contribution in [3.8, 4) is 0 Å². The summed E-state index contributed by atoms with van der Waals surface area (Å²) in [5, 5.41) is 6.13. The Balaban J connectivity index is 2.34. The number of amides is 2. The lowest BCUT2D eigenvalue weighted by atomic mass is 10.3. The molecule has 0 atom stereocenters. The van der Waals surface area contributed by atoms with Gasteiger partial charge < -0.3 is 15.5 Å². The van der Waals surface area contributed by atoms with Gasteiger partial charge in [-0.05, 0) is 45.3 Å². The highest BCUT2D eigenvalue weighted by molar-refractivity contribution is 6.35. The number of anilines is 1. The summed E-state index contributed by atoms with van der Waals surface area (Å²) in [5.74, 6) is -0.710. The van der Waals surface area contributed by atoms with Crippen molar-refractivity contribution in [2.75, 3.05) is 32.5 Å². The van der Waals surface area contributed by atoms with E-state index in [-0.39, 0.29) is 12.3 Å². The zero-order chi connectivity index (χ0) is 15.8. The number of nitrogens with zero attached hydrogens (tertiary/aromatic N) is 1. The number of hydrogen-bond donors (Lipinski definition) is 2. The maximum absolute atomic E-state index is 11.7. The van der Waals surface area contributed by atoms with Gasteiger partial charge >= 0.3 is 0 Å². The molecular formula is C14H19Cl2N3O2. The van der Waals surface area contributed by atoms with Crippen molar-refractivity contribution in [2.24, 2.45) is 0 Å². The van der Waals surface area contributed by atoms with E-state index in [1.807, 2.05) is 19.0 Å². The summed E-state index contributed by atoms with van der Waals surface area (Å²) >= 11 is 11.7. The second-order valence-electron chi connectivity index (χ2n) is 4.89. The minimum Gasteiger partial charge on any atom is -0.356 e. The molecule has 0 radical (unpaired) electrons. The number of nitrogens with one attached hydrogen (secondary N) is 2. The van der Waals surface area contributed by atoms with Crippen LogP contribution in [0.15, 0.2) is 18.2 Å². The number of carbonyl (C=O) groups excluding carboxylic acids is 2. The second kappa shape index (κ2) is 8.87. The summed E-state index contributed by atoms with van der Waals surface area (Å²) in [6.07, 6.45) is 0.607. The van der Waals surface area contributed by atoms with Gasteiger partial charge in [-0.25, -0.2) is 0 Å². The van der Waals surface area contributed by atoms with Crippen molar-refractivity contribution in [1.82, 2.24) is 10.2 Å². The number of rotatable bonds is 7. The fourth-order valence-electron chi connectivity index (χ4n) is 1.66. The Hall–Kier alpha value is -1.30. The zero-order valence-electron chi connectivity index (χ0n) is 12.1. The molecule has 5 nitrogen and oxygen atoms in total. The molecular weight excluding hydrogens is 313 g/mol. The van der Waals surface area contributed by atoms with E-state index >= 15 is 0 Å². The first kappa shape index (κ1) is 17.8. The molecule has 0 aliphatic carbocycles. The van der Waals surface area contributed by atoms with Crippen LogP contribution in [0.4, 0.5) is 5.69 Å². The fourth-order valence-corrected chi connectivity index (χ4v) is 2.19. The molecule has 21 heavy (non-hydrogen) atoms. The third kappa shape index (κ3) is 7.90. The molecule has 7 heteroatoms. The highest BCUT2D eigenvalue weighted by atomic mass is 35.5. The molecule has 0 spiro atoms. The Morgan fingerprint density at radius 1 is 1.10 bits per heavy atom. The van der Waals surface area contributed by atoms with E-state index in [9.17, 15) is 9.59 Å². The number of carbonyl (C=O) groups is 2. The predicted molar refractivity (Wildman–Crippen MR) is 85.9 cm³/mol. The summed E-state index contributed by atoms with van der Waals surface area (Å²) in [6, 6.07) is 4.71. The maximum atomic E-state index is 11.7. The third-order valence-electron chi connectivity index (χ3n) is 2.57. The van der Waals surface area contributed by atoms with Crippen molar-refractivity contribution in [3.63, 3.8) is 0 Å². The van der Waals surface area contributed by atoms with Crippen LogP contribution < -0.4 is 10.6 Å². The van der Waals surface area contributed by atoms with Gasteiger partial charge in [0.15, 0.2) is 0 Å². The van der Waals surface area contributed by atoms with Gasteiger partial charge in [0.1, 0.15) is 6.42 Å². The normalized spacial score (nSPS) is 10.5. The Bertz CT molecular complexity index is 487. The summed E-state index contributed by atoms with van der Waals surface area (Å²) < 4.78 is 0. The van der Waals surface area contributed by atoms with Crippen molar-refractivity contribution >= 4 is 40.7 Å². The van der Waals surface area contributed by atoms with Crippen LogP contribution in [-0.2, 0) is 9.59 Å². The SMILES string of the molecule is CN(C)CCCNC(=O)CC(=O)Nc1cc(Cl)cc(Cl)c1. The smallest absolute Gasteiger partial charge is 0.233 e. The molecule has 1 aromatic rings. The minimum atomic E-state index is -0.404. The third-order valence-corrected chi connectivity index (χ3v) is 3.01. The quantitative estimate of drug-likeness (QED) is 0.595. The van der Waals surface area contributed by atoms with Gasteiger partial charge in [-0.2, -0.15) is 0 Å². The molecule has 0 aliphatic rings. The molecule has 0 bridgehead atoms. The summed E-state index contributed by atoms with van der Waals surface area (Å²) in [6.45, 7) is 1.43. The summed E-state index contributed by atoms with van der Waals surface area (Å²) in [5.41, 5.74) is 0.470. The molecule has 1 rings (SSSR count). The van der Waals surface area contributed by atoms with Crippen molar-refractivity contribution in [1.29, 1.82) is 0 Å². The lowest BCUT2D eigenvalue weighted by molar-refractivity contribution is -0.126. The van der Waals surface area contributed by atoms with Crippen LogP contribution in [0, 0.1) is 0 Å². The first-order chi connectivity index (χ1) is 9.86. The van der Waals surface area contributed by atoms with Gasteiger partial charge in [0.05, 0.1) is 0 Å². The zero-order valence-corrected chi connectivity index (χ0v) is 13.6. The van der Waals surface area contributed by atoms with E-state index in [0.29, 0.717) is 22.3 Å². The van der Waals surface area contributed by atoms with Gasteiger partial charge in [-0.15, -0.1) is 0 Å². The van der Waals surface area contributed by atoms with Crippen LogP contribution in [0.25, 0.3) is 0 Å². The van der Waals surface area contributed by atoms with Crippen LogP contribution in [0.2, 0.25) is 10.0 Å². The van der Waals surface area contributed by atoms with Crippen molar-refractivity contribution in [3.05, 3.63) is 28.2 Å². The minimum absolute atomic E-state index is 0.230. The Kier molecular flexibility index (Phi) is 7.50. The largest absolute Gasteiger partial charge is 0.356 e. The molecule has 2 amide bonds. The van der Waals surface area contributed by atoms with E-state index < -0.39 is 5.91 Å². The number of benzene rings is 1. The van der Waals surface area contributed by atoms with Crippen LogP contribution in [0.3, 0.4) is 0 Å². The van der Waals surface area contributed by atoms with E-state index in [0.717, 1.165) is 13.0 Å². The average Bonchev–Trinajstić information content (AvgIpc) is 2.32. The first-order valence-electron chi connectivity index (χ1n) is 6.54. The van der Waals surface area contributed by atoms with Crippen LogP contribution >= 0.6 is 23.2 Å². The molecule has 0 fully saturated rings. The lowest BCUT2D eigenvalue weighted by Gasteiger charge is -2.10. The number of hydrogen-bond acceptors (Lipinski definition) is 3. The molecule has 0 aromatic heterocycles. The fraction of sp³-hybridized carbons (Fsp3) is 0.429. The summed E-state index contributed by atoms with van der Waals surface area (Å²) in [7, 11) is 3.93. The summed E-state index contributed by atoms with van der Waals surface area (Å²) in [4.78, 5) is 25.3. The molecule has 116 valence electrons. The van der Waals surface area contributed by atoms with Crippen LogP contribution in [0.5, 0.6) is 0 Å².